The van der Waals surface area contributed by atoms with E-state index in [0.29, 0.717) is 6.61 Å². The third-order valence-corrected chi connectivity index (χ3v) is 2.09. The largest absolute Gasteiger partial charge is 0.465 e. The summed E-state index contributed by atoms with van der Waals surface area (Å²) >= 11 is 0. The summed E-state index contributed by atoms with van der Waals surface area (Å²) in [4.78, 5) is 10.2. The maximum atomic E-state index is 10.2. The van der Waals surface area contributed by atoms with Crippen molar-refractivity contribution < 1.29 is 14.6 Å². The Balaban J connectivity index is 2.01. The molecule has 0 radical (unpaired) electrons. The van der Waals surface area contributed by atoms with Crippen LogP contribution in [0.5, 0.6) is 0 Å². The Bertz CT molecular complexity index is 197. The molecule has 0 saturated heterocycles. The van der Waals surface area contributed by atoms with Gasteiger partial charge in [0, 0.05) is 6.04 Å². The van der Waals surface area contributed by atoms with Crippen LogP contribution in [0.15, 0.2) is 12.2 Å². The van der Waals surface area contributed by atoms with Gasteiger partial charge >= 0.3 is 6.09 Å². The number of amides is 1. The molecule has 0 aliphatic heterocycles. The predicted octanol–water partition coefficient (Wildman–Crippen LogP) is 1.38. The van der Waals surface area contributed by atoms with E-state index in [1.165, 1.54) is 0 Å². The van der Waals surface area contributed by atoms with Crippen LogP contribution in [-0.2, 0) is 4.74 Å². The number of rotatable bonds is 4. The summed E-state index contributed by atoms with van der Waals surface area (Å²) in [7, 11) is 0. The first-order valence-corrected chi connectivity index (χ1v) is 4.44. The molecule has 1 rings (SSSR count). The van der Waals surface area contributed by atoms with Gasteiger partial charge in [0.05, 0.1) is 12.7 Å². The summed E-state index contributed by atoms with van der Waals surface area (Å²) in [5, 5.41) is 10.8. The molecule has 1 amide bonds. The first-order valence-electron chi connectivity index (χ1n) is 4.44. The SMILES string of the molecule is CC=CCO[C@H]1C[C@H](NC(=O)O)C1. The van der Waals surface area contributed by atoms with E-state index in [2.05, 4.69) is 5.32 Å². The minimum atomic E-state index is -0.947. The topological polar surface area (TPSA) is 58.6 Å². The summed E-state index contributed by atoms with van der Waals surface area (Å²) in [5.74, 6) is 0. The van der Waals surface area contributed by atoms with Crippen molar-refractivity contribution in [1.29, 1.82) is 0 Å². The van der Waals surface area contributed by atoms with Gasteiger partial charge in [-0.3, -0.25) is 0 Å². The lowest BCUT2D eigenvalue weighted by molar-refractivity contribution is -0.000838. The molecule has 4 nitrogen and oxygen atoms in total. The van der Waals surface area contributed by atoms with Crippen LogP contribution >= 0.6 is 0 Å². The zero-order chi connectivity index (χ0) is 9.68. The summed E-state index contributed by atoms with van der Waals surface area (Å²) in [5.41, 5.74) is 0. The van der Waals surface area contributed by atoms with Gasteiger partial charge in [0.15, 0.2) is 0 Å². The minimum absolute atomic E-state index is 0.0908. The standard InChI is InChI=1S/C9H15NO3/c1-2-3-4-13-8-5-7(6-8)10-9(11)12/h2-3,7-8,10H,4-6H2,1H3,(H,11,12)/t7-,8-. The Hall–Kier alpha value is -1.03. The Morgan fingerprint density at radius 1 is 1.69 bits per heavy atom. The molecule has 1 saturated carbocycles. The average Bonchev–Trinajstić information content (AvgIpc) is 1.99. The number of ether oxygens (including phenoxy) is 1. The molecule has 0 aromatic heterocycles. The van der Waals surface area contributed by atoms with Crippen LogP contribution in [0.1, 0.15) is 19.8 Å². The van der Waals surface area contributed by atoms with Crippen molar-refractivity contribution in [2.45, 2.75) is 31.9 Å². The van der Waals surface area contributed by atoms with Crippen molar-refractivity contribution in [3.05, 3.63) is 12.2 Å². The maximum absolute atomic E-state index is 10.2. The van der Waals surface area contributed by atoms with Gasteiger partial charge in [0.1, 0.15) is 0 Å². The summed E-state index contributed by atoms with van der Waals surface area (Å²) in [6.45, 7) is 2.57. The fourth-order valence-electron chi connectivity index (χ4n) is 1.28. The van der Waals surface area contributed by atoms with Gasteiger partial charge in [0.2, 0.25) is 0 Å². The highest BCUT2D eigenvalue weighted by Gasteiger charge is 2.30. The fraction of sp³-hybridized carbons (Fsp3) is 0.667. The second-order valence-corrected chi connectivity index (χ2v) is 3.14. The quantitative estimate of drug-likeness (QED) is 0.650. The molecule has 0 atom stereocenters. The minimum Gasteiger partial charge on any atom is -0.465 e. The molecule has 74 valence electrons. The molecule has 0 unspecified atom stereocenters. The predicted molar refractivity (Wildman–Crippen MR) is 48.7 cm³/mol. The van der Waals surface area contributed by atoms with Gasteiger partial charge in [-0.1, -0.05) is 12.2 Å². The van der Waals surface area contributed by atoms with Gasteiger partial charge < -0.3 is 15.2 Å². The molecule has 2 N–H and O–H groups in total. The fourth-order valence-corrected chi connectivity index (χ4v) is 1.28. The van der Waals surface area contributed by atoms with E-state index in [1.54, 1.807) is 0 Å². The third kappa shape index (κ3) is 3.46. The van der Waals surface area contributed by atoms with E-state index < -0.39 is 6.09 Å². The van der Waals surface area contributed by atoms with Crippen LogP contribution in [0.3, 0.4) is 0 Å². The number of hydrogen-bond donors (Lipinski definition) is 2. The van der Waals surface area contributed by atoms with Crippen LogP contribution in [0, 0.1) is 0 Å². The van der Waals surface area contributed by atoms with Crippen molar-refractivity contribution in [2.24, 2.45) is 0 Å². The molecule has 0 bridgehead atoms. The molecule has 13 heavy (non-hydrogen) atoms. The molecular formula is C9H15NO3. The molecule has 4 heteroatoms. The van der Waals surface area contributed by atoms with Crippen molar-refractivity contribution in [1.82, 2.24) is 5.32 Å². The molecule has 0 aromatic carbocycles. The molecule has 1 aliphatic rings. The number of nitrogens with one attached hydrogen (secondary N) is 1. The molecular weight excluding hydrogens is 170 g/mol. The first-order chi connectivity index (χ1) is 6.22. The molecule has 0 spiro atoms. The van der Waals surface area contributed by atoms with Crippen LogP contribution in [0.2, 0.25) is 0 Å². The van der Waals surface area contributed by atoms with Gasteiger partial charge in [-0.15, -0.1) is 0 Å². The third-order valence-electron chi connectivity index (χ3n) is 2.09. The number of carbonyl (C=O) groups is 1. The van der Waals surface area contributed by atoms with E-state index in [9.17, 15) is 4.79 Å². The van der Waals surface area contributed by atoms with Crippen LogP contribution in [0.4, 0.5) is 4.79 Å². The van der Waals surface area contributed by atoms with Gasteiger partial charge in [-0.2, -0.15) is 0 Å². The van der Waals surface area contributed by atoms with Crippen molar-refractivity contribution in [3.8, 4) is 0 Å². The van der Waals surface area contributed by atoms with E-state index in [-0.39, 0.29) is 12.1 Å². The van der Waals surface area contributed by atoms with Crippen molar-refractivity contribution in [3.63, 3.8) is 0 Å². The molecule has 0 aromatic rings. The highest BCUT2D eigenvalue weighted by molar-refractivity contribution is 5.65. The second kappa shape index (κ2) is 4.87. The number of hydrogen-bond acceptors (Lipinski definition) is 2. The lowest BCUT2D eigenvalue weighted by Gasteiger charge is -2.34. The Morgan fingerprint density at radius 2 is 2.38 bits per heavy atom. The lowest BCUT2D eigenvalue weighted by atomic mass is 9.89. The summed E-state index contributed by atoms with van der Waals surface area (Å²) in [6.07, 6.45) is 4.75. The number of allylic oxidation sites excluding steroid dienone is 1. The molecule has 1 aliphatic carbocycles. The Kier molecular flexibility index (Phi) is 3.76. The highest BCUT2D eigenvalue weighted by Crippen LogP contribution is 2.22. The molecule has 0 heterocycles. The van der Waals surface area contributed by atoms with Crippen LogP contribution in [-0.4, -0.2) is 30.0 Å². The van der Waals surface area contributed by atoms with Crippen LogP contribution in [0.25, 0.3) is 0 Å². The highest BCUT2D eigenvalue weighted by atomic mass is 16.5. The second-order valence-electron chi connectivity index (χ2n) is 3.14. The normalized spacial score (nSPS) is 27.2. The van der Waals surface area contributed by atoms with Gasteiger partial charge in [-0.05, 0) is 19.8 Å². The summed E-state index contributed by atoms with van der Waals surface area (Å²) < 4.78 is 5.41. The average molecular weight is 185 g/mol. The van der Waals surface area contributed by atoms with Gasteiger partial charge in [0.25, 0.3) is 0 Å². The molecule has 1 fully saturated rings. The monoisotopic (exact) mass is 185 g/mol. The van der Waals surface area contributed by atoms with E-state index in [1.807, 2.05) is 19.1 Å². The Labute approximate surface area is 77.6 Å². The Morgan fingerprint density at radius 3 is 2.92 bits per heavy atom. The number of carboxylic acid groups (broad SMARTS) is 1. The van der Waals surface area contributed by atoms with Crippen molar-refractivity contribution in [2.75, 3.05) is 6.61 Å². The summed E-state index contributed by atoms with van der Waals surface area (Å²) in [6, 6.07) is 0.0908. The first kappa shape index (κ1) is 10.1. The van der Waals surface area contributed by atoms with E-state index in [0.717, 1.165) is 12.8 Å². The zero-order valence-electron chi connectivity index (χ0n) is 7.69. The smallest absolute Gasteiger partial charge is 0.404 e. The zero-order valence-corrected chi connectivity index (χ0v) is 7.69. The lowest BCUT2D eigenvalue weighted by Crippen LogP contribution is -2.47. The maximum Gasteiger partial charge on any atom is 0.404 e. The van der Waals surface area contributed by atoms with Gasteiger partial charge in [-0.25, -0.2) is 4.79 Å². The van der Waals surface area contributed by atoms with E-state index in [4.69, 9.17) is 9.84 Å². The van der Waals surface area contributed by atoms with Crippen LogP contribution < -0.4 is 5.32 Å². The van der Waals surface area contributed by atoms with Crippen molar-refractivity contribution >= 4 is 6.09 Å². The van der Waals surface area contributed by atoms with E-state index >= 15 is 0 Å².